The minimum Gasteiger partial charge on any atom is -0.298 e. The molecule has 84 valence electrons. The Hall–Kier alpha value is -0.840. The fraction of sp³-hybridized carbons (Fsp3) is 0.846. The molecule has 2 nitrogen and oxygen atoms in total. The van der Waals surface area contributed by atoms with E-state index in [9.17, 15) is 4.79 Å². The van der Waals surface area contributed by atoms with E-state index in [4.69, 9.17) is 5.26 Å². The van der Waals surface area contributed by atoms with Crippen LogP contribution in [-0.2, 0) is 4.79 Å². The predicted molar refractivity (Wildman–Crippen MR) is 60.1 cm³/mol. The van der Waals surface area contributed by atoms with Crippen LogP contribution in [-0.4, -0.2) is 5.78 Å². The normalized spacial score (nSPS) is 19.1. The first-order valence-corrected chi connectivity index (χ1v) is 6.05. The second kappa shape index (κ2) is 5.90. The molecule has 0 amide bonds. The van der Waals surface area contributed by atoms with E-state index in [2.05, 4.69) is 19.9 Å². The molecule has 1 saturated carbocycles. The highest BCUT2D eigenvalue weighted by atomic mass is 16.1. The van der Waals surface area contributed by atoms with Crippen LogP contribution in [0.25, 0.3) is 0 Å². The number of Topliss-reactive ketones (excluding diaryl/α,β-unsaturated/α-hetero) is 1. The zero-order valence-corrected chi connectivity index (χ0v) is 9.83. The topological polar surface area (TPSA) is 40.9 Å². The van der Waals surface area contributed by atoms with Crippen LogP contribution in [0.4, 0.5) is 0 Å². The first-order chi connectivity index (χ1) is 7.13. The van der Waals surface area contributed by atoms with Gasteiger partial charge in [-0.05, 0) is 18.3 Å². The van der Waals surface area contributed by atoms with E-state index in [1.807, 2.05) is 0 Å². The van der Waals surface area contributed by atoms with Crippen molar-refractivity contribution in [3.63, 3.8) is 0 Å². The molecule has 1 fully saturated rings. The van der Waals surface area contributed by atoms with E-state index in [1.54, 1.807) is 0 Å². The van der Waals surface area contributed by atoms with E-state index in [-0.39, 0.29) is 11.7 Å². The summed E-state index contributed by atoms with van der Waals surface area (Å²) in [6.07, 6.45) is 6.27. The fourth-order valence-electron chi connectivity index (χ4n) is 2.37. The summed E-state index contributed by atoms with van der Waals surface area (Å²) in [4.78, 5) is 11.8. The van der Waals surface area contributed by atoms with Gasteiger partial charge in [-0.2, -0.15) is 5.26 Å². The molecular weight excluding hydrogens is 186 g/mol. The molecule has 2 heteroatoms. The van der Waals surface area contributed by atoms with Crippen molar-refractivity contribution in [3.05, 3.63) is 0 Å². The minimum absolute atomic E-state index is 0.179. The maximum Gasteiger partial charge on any atom is 0.150 e. The summed E-state index contributed by atoms with van der Waals surface area (Å²) in [5.41, 5.74) is 0. The molecular formula is C13H21NO. The molecule has 1 unspecified atom stereocenters. The van der Waals surface area contributed by atoms with Crippen molar-refractivity contribution in [1.29, 1.82) is 5.26 Å². The van der Waals surface area contributed by atoms with Gasteiger partial charge in [0.25, 0.3) is 0 Å². The molecule has 0 aromatic rings. The first-order valence-electron chi connectivity index (χ1n) is 6.05. The summed E-state index contributed by atoms with van der Waals surface area (Å²) in [7, 11) is 0. The zero-order valence-electron chi connectivity index (χ0n) is 9.83. The van der Waals surface area contributed by atoms with Gasteiger partial charge in [-0.15, -0.1) is 0 Å². The molecule has 1 aliphatic carbocycles. The van der Waals surface area contributed by atoms with Crippen LogP contribution in [0.3, 0.4) is 0 Å². The molecule has 0 heterocycles. The molecule has 0 aliphatic heterocycles. The number of hydrogen-bond acceptors (Lipinski definition) is 2. The number of ketones is 1. The molecule has 1 aliphatic rings. The van der Waals surface area contributed by atoms with Crippen molar-refractivity contribution < 1.29 is 4.79 Å². The number of carbonyl (C=O) groups is 1. The standard InChI is InChI=1S/C13H21NO/c1-10(2)7-12(9-14)13(15)8-11-5-3-4-6-11/h10-12H,3-8H2,1-2H3. The molecule has 1 rings (SSSR count). The van der Waals surface area contributed by atoms with Crippen molar-refractivity contribution >= 4 is 5.78 Å². The van der Waals surface area contributed by atoms with Crippen LogP contribution in [0, 0.1) is 29.1 Å². The van der Waals surface area contributed by atoms with E-state index in [0.717, 1.165) is 6.42 Å². The third kappa shape index (κ3) is 4.03. The Morgan fingerprint density at radius 2 is 2.00 bits per heavy atom. The van der Waals surface area contributed by atoms with Crippen molar-refractivity contribution in [1.82, 2.24) is 0 Å². The molecule has 0 saturated heterocycles. The molecule has 0 radical (unpaired) electrons. The largest absolute Gasteiger partial charge is 0.298 e. The van der Waals surface area contributed by atoms with Crippen LogP contribution in [0.5, 0.6) is 0 Å². The maximum atomic E-state index is 11.8. The third-order valence-corrected chi connectivity index (χ3v) is 3.22. The van der Waals surface area contributed by atoms with Gasteiger partial charge < -0.3 is 0 Å². The lowest BCUT2D eigenvalue weighted by Gasteiger charge is -2.13. The van der Waals surface area contributed by atoms with E-state index >= 15 is 0 Å². The number of hydrogen-bond donors (Lipinski definition) is 0. The molecule has 0 spiro atoms. The summed E-state index contributed by atoms with van der Waals surface area (Å²) in [5.74, 6) is 0.825. The van der Waals surface area contributed by atoms with Gasteiger partial charge in [0.2, 0.25) is 0 Å². The van der Waals surface area contributed by atoms with E-state index < -0.39 is 0 Å². The van der Waals surface area contributed by atoms with Gasteiger partial charge in [-0.3, -0.25) is 4.79 Å². The van der Waals surface area contributed by atoms with Gasteiger partial charge in [0, 0.05) is 6.42 Å². The summed E-state index contributed by atoms with van der Waals surface area (Å²) in [6.45, 7) is 4.13. The number of rotatable bonds is 5. The lowest BCUT2D eigenvalue weighted by molar-refractivity contribution is -0.122. The SMILES string of the molecule is CC(C)CC(C#N)C(=O)CC1CCCC1. The molecule has 0 bridgehead atoms. The van der Waals surface area contributed by atoms with Crippen molar-refractivity contribution in [3.8, 4) is 6.07 Å². The third-order valence-electron chi connectivity index (χ3n) is 3.22. The smallest absolute Gasteiger partial charge is 0.150 e. The average molecular weight is 207 g/mol. The van der Waals surface area contributed by atoms with Crippen LogP contribution >= 0.6 is 0 Å². The van der Waals surface area contributed by atoms with E-state index in [1.165, 1.54) is 25.7 Å². The van der Waals surface area contributed by atoms with Gasteiger partial charge >= 0.3 is 0 Å². The Kier molecular flexibility index (Phi) is 4.81. The van der Waals surface area contributed by atoms with Crippen LogP contribution in [0.15, 0.2) is 0 Å². The highest BCUT2D eigenvalue weighted by Gasteiger charge is 2.24. The first kappa shape index (κ1) is 12.2. The Labute approximate surface area is 92.7 Å². The lowest BCUT2D eigenvalue weighted by atomic mass is 9.89. The van der Waals surface area contributed by atoms with Gasteiger partial charge in [-0.1, -0.05) is 39.5 Å². The second-order valence-electron chi connectivity index (χ2n) is 5.13. The summed E-state index contributed by atoms with van der Waals surface area (Å²) >= 11 is 0. The predicted octanol–water partition coefficient (Wildman–Crippen LogP) is 3.32. The van der Waals surface area contributed by atoms with Crippen LogP contribution < -0.4 is 0 Å². The van der Waals surface area contributed by atoms with Crippen molar-refractivity contribution in [2.45, 2.75) is 52.4 Å². The lowest BCUT2D eigenvalue weighted by Crippen LogP contribution is -2.17. The monoisotopic (exact) mass is 207 g/mol. The second-order valence-corrected chi connectivity index (χ2v) is 5.13. The van der Waals surface area contributed by atoms with Gasteiger partial charge in [0.15, 0.2) is 0 Å². The highest BCUT2D eigenvalue weighted by molar-refractivity contribution is 5.83. The highest BCUT2D eigenvalue weighted by Crippen LogP contribution is 2.29. The van der Waals surface area contributed by atoms with Gasteiger partial charge in [-0.25, -0.2) is 0 Å². The summed E-state index contributed by atoms with van der Waals surface area (Å²) in [5, 5.41) is 8.95. The van der Waals surface area contributed by atoms with Gasteiger partial charge in [0.1, 0.15) is 11.7 Å². The number of nitriles is 1. The molecule has 1 atom stereocenters. The molecule has 0 aromatic heterocycles. The summed E-state index contributed by atoms with van der Waals surface area (Å²) in [6, 6.07) is 2.16. The molecule has 15 heavy (non-hydrogen) atoms. The maximum absolute atomic E-state index is 11.8. The Bertz CT molecular complexity index is 246. The van der Waals surface area contributed by atoms with Gasteiger partial charge in [0.05, 0.1) is 6.07 Å². The Morgan fingerprint density at radius 3 is 2.47 bits per heavy atom. The van der Waals surface area contributed by atoms with Crippen molar-refractivity contribution in [2.75, 3.05) is 0 Å². The minimum atomic E-state index is -0.356. The average Bonchev–Trinajstić information content (AvgIpc) is 2.66. The zero-order chi connectivity index (χ0) is 11.3. The van der Waals surface area contributed by atoms with Crippen LogP contribution in [0.2, 0.25) is 0 Å². The van der Waals surface area contributed by atoms with Crippen LogP contribution in [0.1, 0.15) is 52.4 Å². The molecule has 0 aromatic carbocycles. The quantitative estimate of drug-likeness (QED) is 0.694. The number of carbonyl (C=O) groups excluding carboxylic acids is 1. The van der Waals surface area contributed by atoms with Crippen molar-refractivity contribution in [2.24, 2.45) is 17.8 Å². The fourth-order valence-corrected chi connectivity index (χ4v) is 2.37. The van der Waals surface area contributed by atoms with E-state index in [0.29, 0.717) is 18.3 Å². The molecule has 0 N–H and O–H groups in total. The Morgan fingerprint density at radius 1 is 1.40 bits per heavy atom. The Balaban J connectivity index is 2.39. The number of nitrogens with zero attached hydrogens (tertiary/aromatic N) is 1. The summed E-state index contributed by atoms with van der Waals surface area (Å²) < 4.78 is 0.